The molecular weight excluding hydrogens is 306 g/mol. The molecule has 3 nitrogen and oxygen atoms in total. The Morgan fingerprint density at radius 1 is 1.16 bits per heavy atom. The zero-order valence-electron chi connectivity index (χ0n) is 13.2. The average molecular weight is 336 g/mol. The smallest absolute Gasteiger partial charge is 0.334 e. The normalized spacial score (nSPS) is 14.2. The van der Waals surface area contributed by atoms with Crippen molar-refractivity contribution in [1.82, 2.24) is 0 Å². The fraction of sp³-hybridized carbons (Fsp3) is 0.800. The minimum absolute atomic E-state index is 0. The van der Waals surface area contributed by atoms with Crippen LogP contribution in [-0.2, 0) is 9.53 Å². The first-order chi connectivity index (χ1) is 8.51. The maximum atomic E-state index is 11.7. The summed E-state index contributed by atoms with van der Waals surface area (Å²) in [5.74, 6) is -0.303. The Morgan fingerprint density at radius 3 is 1.89 bits per heavy atom. The largest absolute Gasteiger partial charge is 1.00 e. The molecule has 0 aliphatic heterocycles. The van der Waals surface area contributed by atoms with Gasteiger partial charge in [0, 0.05) is 18.9 Å². The second-order valence-electron chi connectivity index (χ2n) is 4.77. The summed E-state index contributed by atoms with van der Waals surface area (Å²) in [4.78, 5) is 11.7. The third-order valence-corrected chi connectivity index (χ3v) is 4.33. The Balaban J connectivity index is 0. The molecule has 1 unspecified atom stereocenters. The van der Waals surface area contributed by atoms with E-state index in [0.717, 1.165) is 43.4 Å². The second kappa shape index (κ2) is 9.54. The summed E-state index contributed by atoms with van der Waals surface area (Å²) in [7, 11) is 0. The van der Waals surface area contributed by atoms with E-state index in [2.05, 4.69) is 41.2 Å². The number of quaternary nitrogens is 1. The molecule has 114 valence electrons. The molecule has 0 aliphatic carbocycles. The van der Waals surface area contributed by atoms with Gasteiger partial charge in [-0.15, -0.1) is 0 Å². The van der Waals surface area contributed by atoms with Crippen LogP contribution >= 0.6 is 0 Å². The van der Waals surface area contributed by atoms with Gasteiger partial charge in [0.2, 0.25) is 5.72 Å². The summed E-state index contributed by atoms with van der Waals surface area (Å²) < 4.78 is 6.66. The predicted molar refractivity (Wildman–Crippen MR) is 76.1 cm³/mol. The Hall–Kier alpha value is -0.350. The predicted octanol–water partition coefficient (Wildman–Crippen LogP) is 0.503. The molecule has 0 N–H and O–H groups in total. The van der Waals surface area contributed by atoms with Gasteiger partial charge in [0.25, 0.3) is 0 Å². The van der Waals surface area contributed by atoms with Crippen molar-refractivity contribution < 1.29 is 31.0 Å². The summed E-state index contributed by atoms with van der Waals surface area (Å²) in [6, 6.07) is 0. The number of halogens is 1. The number of carbonyl (C=O) groups excluding carboxylic acids is 1. The maximum Gasteiger partial charge on any atom is 0.334 e. The molecule has 0 amide bonds. The molecule has 0 bridgehead atoms. The molecular formula is C15H30BrNO2. The van der Waals surface area contributed by atoms with E-state index in [1.165, 1.54) is 6.08 Å². The van der Waals surface area contributed by atoms with Gasteiger partial charge in [-0.3, -0.25) is 4.48 Å². The summed E-state index contributed by atoms with van der Waals surface area (Å²) in [6.07, 6.45) is 4.03. The quantitative estimate of drug-likeness (QED) is 0.265. The lowest BCUT2D eigenvalue weighted by molar-refractivity contribution is -0.994. The number of ether oxygens (including phenoxy) is 1. The lowest BCUT2D eigenvalue weighted by Crippen LogP contribution is -3.00. The van der Waals surface area contributed by atoms with E-state index in [9.17, 15) is 4.79 Å². The van der Waals surface area contributed by atoms with Crippen molar-refractivity contribution in [2.24, 2.45) is 0 Å². The Bertz CT molecular complexity index is 269. The molecule has 0 aliphatic rings. The Morgan fingerprint density at radius 2 is 1.63 bits per heavy atom. The van der Waals surface area contributed by atoms with Crippen LogP contribution in [0.1, 0.15) is 53.9 Å². The van der Waals surface area contributed by atoms with Crippen molar-refractivity contribution in [2.75, 3.05) is 19.6 Å². The minimum Gasteiger partial charge on any atom is -1.00 e. The number of nitrogens with zero attached hydrogens (tertiary/aromatic N) is 1. The second-order valence-corrected chi connectivity index (χ2v) is 4.77. The van der Waals surface area contributed by atoms with Crippen molar-refractivity contribution in [2.45, 2.75) is 59.6 Å². The number of hydrogen-bond acceptors (Lipinski definition) is 2. The summed E-state index contributed by atoms with van der Waals surface area (Å²) in [5, 5.41) is 0. The molecule has 0 rings (SSSR count). The van der Waals surface area contributed by atoms with E-state index in [1.54, 1.807) is 0 Å². The molecule has 19 heavy (non-hydrogen) atoms. The van der Waals surface area contributed by atoms with E-state index in [1.807, 2.05) is 0 Å². The summed E-state index contributed by atoms with van der Waals surface area (Å²) in [5.41, 5.74) is -0.404. The van der Waals surface area contributed by atoms with Gasteiger partial charge in [-0.05, 0) is 27.2 Å². The first-order valence-corrected chi connectivity index (χ1v) is 7.22. The topological polar surface area (TPSA) is 26.3 Å². The molecule has 0 saturated carbocycles. The van der Waals surface area contributed by atoms with Crippen LogP contribution in [0.2, 0.25) is 0 Å². The first kappa shape index (κ1) is 21.0. The molecule has 0 radical (unpaired) electrons. The molecule has 0 fully saturated rings. The van der Waals surface area contributed by atoms with E-state index < -0.39 is 5.72 Å². The fourth-order valence-electron chi connectivity index (χ4n) is 3.12. The van der Waals surface area contributed by atoms with Crippen molar-refractivity contribution >= 4 is 5.97 Å². The van der Waals surface area contributed by atoms with Crippen LogP contribution in [0.3, 0.4) is 0 Å². The number of rotatable bonds is 9. The zero-order valence-corrected chi connectivity index (χ0v) is 14.8. The highest BCUT2D eigenvalue weighted by molar-refractivity contribution is 5.81. The van der Waals surface area contributed by atoms with Gasteiger partial charge in [0.05, 0.1) is 19.6 Å². The number of esters is 1. The Kier molecular flexibility index (Phi) is 10.5. The van der Waals surface area contributed by atoms with Crippen LogP contribution in [0.15, 0.2) is 12.7 Å². The summed E-state index contributed by atoms with van der Waals surface area (Å²) in [6.45, 7) is 17.2. The maximum absolute atomic E-state index is 11.7. The fourth-order valence-corrected chi connectivity index (χ4v) is 3.12. The van der Waals surface area contributed by atoms with Crippen LogP contribution < -0.4 is 17.0 Å². The Labute approximate surface area is 129 Å². The molecule has 0 spiro atoms. The van der Waals surface area contributed by atoms with Crippen LogP contribution in [-0.4, -0.2) is 35.8 Å². The van der Waals surface area contributed by atoms with Gasteiger partial charge < -0.3 is 21.7 Å². The highest BCUT2D eigenvalue weighted by atomic mass is 79.9. The van der Waals surface area contributed by atoms with E-state index in [4.69, 9.17) is 4.74 Å². The van der Waals surface area contributed by atoms with Gasteiger partial charge in [-0.25, -0.2) is 4.79 Å². The van der Waals surface area contributed by atoms with Gasteiger partial charge in [0.1, 0.15) is 0 Å². The molecule has 0 aromatic carbocycles. The van der Waals surface area contributed by atoms with Gasteiger partial charge in [-0.1, -0.05) is 20.4 Å². The highest BCUT2D eigenvalue weighted by Crippen LogP contribution is 2.34. The molecule has 0 aromatic rings. The lowest BCUT2D eigenvalue weighted by Gasteiger charge is -2.50. The van der Waals surface area contributed by atoms with Crippen LogP contribution in [0.25, 0.3) is 0 Å². The SMILES string of the molecule is C=CC(=O)OC(CC)(CCC)[N+](CC)(CC)CC.[Br-]. The van der Waals surface area contributed by atoms with E-state index >= 15 is 0 Å². The average Bonchev–Trinajstić information content (AvgIpc) is 2.40. The number of hydrogen-bond donors (Lipinski definition) is 0. The first-order valence-electron chi connectivity index (χ1n) is 7.22. The molecule has 1 atom stereocenters. The van der Waals surface area contributed by atoms with Crippen molar-refractivity contribution in [1.29, 1.82) is 0 Å². The molecule has 0 heterocycles. The third kappa shape index (κ3) is 4.32. The van der Waals surface area contributed by atoms with Gasteiger partial charge in [-0.2, -0.15) is 0 Å². The summed E-state index contributed by atoms with van der Waals surface area (Å²) >= 11 is 0. The third-order valence-electron chi connectivity index (χ3n) is 4.33. The molecule has 0 saturated heterocycles. The van der Waals surface area contributed by atoms with Gasteiger partial charge in [0.15, 0.2) is 0 Å². The van der Waals surface area contributed by atoms with Crippen LogP contribution in [0.5, 0.6) is 0 Å². The van der Waals surface area contributed by atoms with Crippen LogP contribution in [0.4, 0.5) is 0 Å². The number of carbonyl (C=O) groups is 1. The monoisotopic (exact) mass is 335 g/mol. The zero-order chi connectivity index (χ0) is 14.2. The molecule has 4 heteroatoms. The van der Waals surface area contributed by atoms with Crippen molar-refractivity contribution in [3.63, 3.8) is 0 Å². The highest BCUT2D eigenvalue weighted by Gasteiger charge is 2.49. The standard InChI is InChI=1S/C15H30NO2.BrH/c1-7-13-15(9-3,18-14(17)8-2)16(10-4,11-5)12-6;/h8H,2,7,9-13H2,1,3-6H3;1H/q+1;/p-1. The molecule has 0 aromatic heterocycles. The van der Waals surface area contributed by atoms with Gasteiger partial charge >= 0.3 is 5.97 Å². The van der Waals surface area contributed by atoms with Crippen molar-refractivity contribution in [3.8, 4) is 0 Å². The van der Waals surface area contributed by atoms with Crippen molar-refractivity contribution in [3.05, 3.63) is 12.7 Å². The van der Waals surface area contributed by atoms with E-state index in [-0.39, 0.29) is 23.0 Å². The van der Waals surface area contributed by atoms with Crippen LogP contribution in [0, 0.1) is 0 Å². The minimum atomic E-state index is -0.404. The lowest BCUT2D eigenvalue weighted by atomic mass is 9.98. The van der Waals surface area contributed by atoms with E-state index in [0.29, 0.717) is 0 Å².